The number of esters is 1. The number of pyridine rings is 1. The molecule has 0 bridgehead atoms. The lowest BCUT2D eigenvalue weighted by Gasteiger charge is -2.10. The third-order valence-electron chi connectivity index (χ3n) is 4.52. The molecule has 0 saturated heterocycles. The zero-order chi connectivity index (χ0) is 19.0. The Hall–Kier alpha value is -2.66. The van der Waals surface area contributed by atoms with Crippen LogP contribution in [0.25, 0.3) is 10.9 Å². The number of hydrogen-bond acceptors (Lipinski definition) is 4. The second-order valence-electron chi connectivity index (χ2n) is 6.37. The van der Waals surface area contributed by atoms with Gasteiger partial charge in [0.15, 0.2) is 5.78 Å². The Bertz CT molecular complexity index is 1040. The van der Waals surface area contributed by atoms with Gasteiger partial charge in [0.2, 0.25) is 0 Å². The fraction of sp³-hybridized carbons (Fsp3) is 0.250. The number of carbonyl (C=O) groups is 2. The minimum atomic E-state index is -0.517. The third-order valence-corrected chi connectivity index (χ3v) is 4.84. The molecule has 2 aromatic heterocycles. The second kappa shape index (κ2) is 6.92. The van der Waals surface area contributed by atoms with Crippen molar-refractivity contribution < 1.29 is 14.3 Å². The first-order valence-electron chi connectivity index (χ1n) is 8.17. The molecule has 0 saturated carbocycles. The molecule has 26 heavy (non-hydrogen) atoms. The van der Waals surface area contributed by atoms with Crippen LogP contribution in [-0.4, -0.2) is 21.3 Å². The van der Waals surface area contributed by atoms with Gasteiger partial charge in [-0.1, -0.05) is 23.7 Å². The lowest BCUT2D eigenvalue weighted by molar-refractivity contribution is 0.0461. The fourth-order valence-corrected chi connectivity index (χ4v) is 2.98. The molecule has 2 heterocycles. The van der Waals surface area contributed by atoms with Gasteiger partial charge < -0.3 is 9.30 Å². The second-order valence-corrected chi connectivity index (χ2v) is 6.73. The Labute approximate surface area is 156 Å². The number of halogens is 1. The Morgan fingerprint density at radius 2 is 1.96 bits per heavy atom. The van der Waals surface area contributed by atoms with Crippen molar-refractivity contribution in [1.29, 1.82) is 0 Å². The normalized spacial score (nSPS) is 11.0. The Balaban J connectivity index is 1.83. The van der Waals surface area contributed by atoms with E-state index in [0.717, 1.165) is 22.0 Å². The van der Waals surface area contributed by atoms with E-state index in [1.54, 1.807) is 17.8 Å². The first-order valence-corrected chi connectivity index (χ1v) is 8.55. The van der Waals surface area contributed by atoms with Gasteiger partial charge in [-0.25, -0.2) is 9.78 Å². The quantitative estimate of drug-likeness (QED) is 0.388. The summed E-state index contributed by atoms with van der Waals surface area (Å²) in [7, 11) is 1.69. The first kappa shape index (κ1) is 18.1. The molecule has 0 aliphatic carbocycles. The van der Waals surface area contributed by atoms with Crippen molar-refractivity contribution in [3.05, 3.63) is 63.6 Å². The maximum absolute atomic E-state index is 12.3. The standard InChI is InChI=1S/C20H19ClN2O3/c1-11-5-6-14-7-16(19(21)22-18(14)12(11)2)10-26-20(25)17-8-15(13(3)24)9-23(17)4/h5-9H,10H2,1-4H3. The first-order chi connectivity index (χ1) is 12.3. The Morgan fingerprint density at radius 1 is 1.23 bits per heavy atom. The SMILES string of the molecule is CC(=O)c1cc(C(=O)OCc2cc3ccc(C)c(C)c3nc2Cl)n(C)c1. The van der Waals surface area contributed by atoms with Crippen molar-refractivity contribution in [3.63, 3.8) is 0 Å². The number of nitrogens with zero attached hydrogens (tertiary/aromatic N) is 2. The van der Waals surface area contributed by atoms with E-state index in [1.165, 1.54) is 13.0 Å². The zero-order valence-electron chi connectivity index (χ0n) is 15.1. The summed E-state index contributed by atoms with van der Waals surface area (Å²) in [6.45, 7) is 5.49. The summed E-state index contributed by atoms with van der Waals surface area (Å²) in [6, 6.07) is 7.41. The van der Waals surface area contributed by atoms with E-state index in [4.69, 9.17) is 16.3 Å². The third kappa shape index (κ3) is 3.35. The van der Waals surface area contributed by atoms with Crippen molar-refractivity contribution in [1.82, 2.24) is 9.55 Å². The van der Waals surface area contributed by atoms with Gasteiger partial charge in [0.05, 0.1) is 5.52 Å². The maximum atomic E-state index is 12.3. The number of aromatic nitrogens is 2. The molecular formula is C20H19ClN2O3. The van der Waals surface area contributed by atoms with Crippen molar-refractivity contribution in [3.8, 4) is 0 Å². The van der Waals surface area contributed by atoms with Gasteiger partial charge in [0.1, 0.15) is 17.5 Å². The maximum Gasteiger partial charge on any atom is 0.355 e. The zero-order valence-corrected chi connectivity index (χ0v) is 15.8. The van der Waals surface area contributed by atoms with E-state index in [1.807, 2.05) is 32.0 Å². The number of Topliss-reactive ketones (excluding diaryl/α,β-unsaturated/α-hetero) is 1. The number of fused-ring (bicyclic) bond motifs is 1. The van der Waals surface area contributed by atoms with Gasteiger partial charge in [0.25, 0.3) is 0 Å². The summed E-state index contributed by atoms with van der Waals surface area (Å²) in [5.74, 6) is -0.622. The van der Waals surface area contributed by atoms with Crippen LogP contribution in [0.3, 0.4) is 0 Å². The molecule has 0 atom stereocenters. The number of hydrogen-bond donors (Lipinski definition) is 0. The number of benzene rings is 1. The molecule has 0 radical (unpaired) electrons. The minimum Gasteiger partial charge on any atom is -0.456 e. The smallest absolute Gasteiger partial charge is 0.355 e. The molecule has 0 unspecified atom stereocenters. The van der Waals surface area contributed by atoms with Crippen LogP contribution in [0.15, 0.2) is 30.5 Å². The molecular weight excluding hydrogens is 352 g/mol. The Kier molecular flexibility index (Phi) is 4.83. The van der Waals surface area contributed by atoms with Crippen LogP contribution in [0.4, 0.5) is 0 Å². The van der Waals surface area contributed by atoms with Gasteiger partial charge in [-0.2, -0.15) is 0 Å². The number of ketones is 1. The summed E-state index contributed by atoms with van der Waals surface area (Å²) >= 11 is 6.28. The number of aryl methyl sites for hydroxylation is 3. The van der Waals surface area contributed by atoms with E-state index in [0.29, 0.717) is 22.0 Å². The fourth-order valence-electron chi connectivity index (χ4n) is 2.78. The van der Waals surface area contributed by atoms with Crippen LogP contribution in [0.2, 0.25) is 5.15 Å². The van der Waals surface area contributed by atoms with E-state index in [2.05, 4.69) is 4.98 Å². The lowest BCUT2D eigenvalue weighted by atomic mass is 10.0. The highest BCUT2D eigenvalue weighted by Gasteiger charge is 2.16. The molecule has 0 amide bonds. The number of rotatable bonds is 4. The van der Waals surface area contributed by atoms with Gasteiger partial charge >= 0.3 is 5.97 Å². The van der Waals surface area contributed by atoms with E-state index >= 15 is 0 Å². The largest absolute Gasteiger partial charge is 0.456 e. The highest BCUT2D eigenvalue weighted by atomic mass is 35.5. The van der Waals surface area contributed by atoms with E-state index in [-0.39, 0.29) is 12.4 Å². The van der Waals surface area contributed by atoms with Gasteiger partial charge in [-0.3, -0.25) is 4.79 Å². The van der Waals surface area contributed by atoms with Crippen LogP contribution in [0.5, 0.6) is 0 Å². The number of ether oxygens (including phenoxy) is 1. The molecule has 0 fully saturated rings. The summed E-state index contributed by atoms with van der Waals surface area (Å²) in [5.41, 5.74) is 4.48. The van der Waals surface area contributed by atoms with Crippen molar-refractivity contribution >= 4 is 34.3 Å². The highest BCUT2D eigenvalue weighted by molar-refractivity contribution is 6.30. The van der Waals surface area contributed by atoms with Crippen molar-refractivity contribution in [2.45, 2.75) is 27.4 Å². The predicted octanol–water partition coefficient (Wildman–Crippen LogP) is 4.40. The molecule has 6 heteroatoms. The van der Waals surface area contributed by atoms with Crippen LogP contribution in [0.1, 0.15) is 44.5 Å². The molecule has 3 rings (SSSR count). The van der Waals surface area contributed by atoms with E-state index in [9.17, 15) is 9.59 Å². The van der Waals surface area contributed by atoms with Gasteiger partial charge in [0, 0.05) is 29.8 Å². The van der Waals surface area contributed by atoms with Crippen LogP contribution < -0.4 is 0 Å². The summed E-state index contributed by atoms with van der Waals surface area (Å²) < 4.78 is 6.95. The molecule has 0 aliphatic heterocycles. The van der Waals surface area contributed by atoms with Gasteiger partial charge in [-0.15, -0.1) is 0 Å². The van der Waals surface area contributed by atoms with E-state index < -0.39 is 5.97 Å². The lowest BCUT2D eigenvalue weighted by Crippen LogP contribution is -2.10. The summed E-state index contributed by atoms with van der Waals surface area (Å²) in [6.07, 6.45) is 1.61. The monoisotopic (exact) mass is 370 g/mol. The molecule has 0 N–H and O–H groups in total. The van der Waals surface area contributed by atoms with Crippen LogP contribution in [-0.2, 0) is 18.4 Å². The highest BCUT2D eigenvalue weighted by Crippen LogP contribution is 2.25. The Morgan fingerprint density at radius 3 is 2.62 bits per heavy atom. The molecule has 1 aromatic carbocycles. The van der Waals surface area contributed by atoms with Crippen molar-refractivity contribution in [2.75, 3.05) is 0 Å². The average molecular weight is 371 g/mol. The van der Waals surface area contributed by atoms with Gasteiger partial charge in [-0.05, 0) is 44.0 Å². The van der Waals surface area contributed by atoms with Crippen molar-refractivity contribution in [2.24, 2.45) is 7.05 Å². The molecule has 3 aromatic rings. The molecule has 0 aliphatic rings. The van der Waals surface area contributed by atoms with Crippen LogP contribution >= 0.6 is 11.6 Å². The topological polar surface area (TPSA) is 61.2 Å². The summed E-state index contributed by atoms with van der Waals surface area (Å²) in [5, 5.41) is 1.26. The average Bonchev–Trinajstić information content (AvgIpc) is 2.99. The molecule has 0 spiro atoms. The minimum absolute atomic E-state index is 0.00805. The molecule has 5 nitrogen and oxygen atoms in total. The van der Waals surface area contributed by atoms with Crippen LogP contribution in [0, 0.1) is 13.8 Å². The molecule has 134 valence electrons. The summed E-state index contributed by atoms with van der Waals surface area (Å²) in [4.78, 5) is 28.2. The predicted molar refractivity (Wildman–Crippen MR) is 101 cm³/mol. The number of carbonyl (C=O) groups excluding carboxylic acids is 2.